The highest BCUT2D eigenvalue weighted by Crippen LogP contribution is 2.16. The Hall–Kier alpha value is -2.63. The van der Waals surface area contributed by atoms with Crippen molar-refractivity contribution in [3.05, 3.63) is 48.6 Å². The first kappa shape index (κ1) is 61.4. The van der Waals surface area contributed by atoms with E-state index in [-0.39, 0.29) is 31.1 Å². The molecule has 0 aliphatic carbocycles. The lowest BCUT2D eigenvalue weighted by Crippen LogP contribution is -2.30. The fourth-order valence-electron chi connectivity index (χ4n) is 7.96. The Bertz CT molecular complexity index is 1120. The summed E-state index contributed by atoms with van der Waals surface area (Å²) in [5, 5.41) is 0. The molecule has 0 rings (SSSR count). The van der Waals surface area contributed by atoms with Gasteiger partial charge in [-0.15, -0.1) is 0 Å². The summed E-state index contributed by atoms with van der Waals surface area (Å²) in [4.78, 5) is 38.0. The molecule has 6 heteroatoms. The lowest BCUT2D eigenvalue weighted by atomic mass is 10.0. The highest BCUT2D eigenvalue weighted by molar-refractivity contribution is 5.71. The van der Waals surface area contributed by atoms with Gasteiger partial charge in [0.1, 0.15) is 13.2 Å². The van der Waals surface area contributed by atoms with Crippen LogP contribution in [-0.2, 0) is 28.6 Å². The number of unbranched alkanes of at least 4 members (excludes halogenated alkanes) is 31. The standard InChI is InChI=1S/C58H104O6/c1-4-7-10-13-16-19-22-25-27-29-30-32-33-36-39-42-45-48-51-57(60)63-54-55(53-62-56(59)50-47-44-41-38-35-24-21-18-15-12-9-6-3)64-58(61)52-49-46-43-40-37-34-31-28-26-23-20-17-14-11-8-5-2/h8,11,17,20,26,28,34,37,55H,4-7,9-10,12-16,18-19,21-25,27,29-33,35-36,38-54H2,1-3H3/b11-8-,20-17-,28-26-,37-34-. The van der Waals surface area contributed by atoms with Gasteiger partial charge in [0.15, 0.2) is 6.10 Å². The summed E-state index contributed by atoms with van der Waals surface area (Å²) in [5.74, 6) is -0.900. The van der Waals surface area contributed by atoms with Crippen molar-refractivity contribution < 1.29 is 28.6 Å². The molecule has 0 fully saturated rings. The van der Waals surface area contributed by atoms with E-state index < -0.39 is 6.10 Å². The maximum Gasteiger partial charge on any atom is 0.306 e. The van der Waals surface area contributed by atoms with Crippen LogP contribution in [0.1, 0.15) is 284 Å². The molecule has 0 saturated heterocycles. The third-order valence-electron chi connectivity index (χ3n) is 12.1. The number of carbonyl (C=O) groups is 3. The SMILES string of the molecule is CC/C=C\C/C=C\C/C=C\C/C=C\CCCCCC(=O)OC(COC(=O)CCCCCCCCCCCCCC)COC(=O)CCCCCCCCCCCCCCCCCCCC. The highest BCUT2D eigenvalue weighted by atomic mass is 16.6. The van der Waals surface area contributed by atoms with E-state index in [4.69, 9.17) is 14.2 Å². The Morgan fingerprint density at radius 2 is 0.609 bits per heavy atom. The molecule has 0 aliphatic rings. The van der Waals surface area contributed by atoms with Crippen molar-refractivity contribution in [3.8, 4) is 0 Å². The molecule has 0 spiro atoms. The van der Waals surface area contributed by atoms with Gasteiger partial charge in [0.25, 0.3) is 0 Å². The summed E-state index contributed by atoms with van der Waals surface area (Å²) >= 11 is 0. The summed E-state index contributed by atoms with van der Waals surface area (Å²) < 4.78 is 16.8. The molecule has 0 heterocycles. The quantitative estimate of drug-likeness (QED) is 0.0262. The minimum absolute atomic E-state index is 0.0820. The van der Waals surface area contributed by atoms with Crippen LogP contribution in [-0.4, -0.2) is 37.2 Å². The number of rotatable bonds is 50. The summed E-state index contributed by atoms with van der Waals surface area (Å²) in [5.41, 5.74) is 0. The van der Waals surface area contributed by atoms with E-state index in [2.05, 4.69) is 69.4 Å². The molecule has 0 bridgehead atoms. The Balaban J connectivity index is 4.37. The van der Waals surface area contributed by atoms with Crippen LogP contribution in [0.2, 0.25) is 0 Å². The van der Waals surface area contributed by atoms with Crippen molar-refractivity contribution >= 4 is 17.9 Å². The van der Waals surface area contributed by atoms with Gasteiger partial charge in [-0.1, -0.05) is 256 Å². The molecule has 0 aromatic carbocycles. The molecule has 372 valence electrons. The molecule has 0 saturated carbocycles. The lowest BCUT2D eigenvalue weighted by Gasteiger charge is -2.18. The zero-order chi connectivity index (χ0) is 46.5. The van der Waals surface area contributed by atoms with Crippen molar-refractivity contribution in [2.45, 2.75) is 290 Å². The van der Waals surface area contributed by atoms with Gasteiger partial charge in [0.2, 0.25) is 0 Å². The monoisotopic (exact) mass is 897 g/mol. The molecule has 0 radical (unpaired) electrons. The molecule has 64 heavy (non-hydrogen) atoms. The Morgan fingerprint density at radius 3 is 0.953 bits per heavy atom. The molecule has 1 atom stereocenters. The van der Waals surface area contributed by atoms with E-state index in [1.165, 1.54) is 154 Å². The van der Waals surface area contributed by atoms with E-state index in [0.717, 1.165) is 89.9 Å². The molecule has 0 amide bonds. The Labute approximate surface area is 397 Å². The predicted octanol–water partition coefficient (Wildman–Crippen LogP) is 18.3. The minimum atomic E-state index is -0.785. The van der Waals surface area contributed by atoms with Gasteiger partial charge in [0, 0.05) is 19.3 Å². The van der Waals surface area contributed by atoms with E-state index >= 15 is 0 Å². The molecule has 0 N–H and O–H groups in total. The van der Waals surface area contributed by atoms with Gasteiger partial charge in [0.05, 0.1) is 0 Å². The number of esters is 3. The average molecular weight is 897 g/mol. The van der Waals surface area contributed by atoms with Crippen molar-refractivity contribution in [2.24, 2.45) is 0 Å². The third-order valence-corrected chi connectivity index (χ3v) is 12.1. The maximum absolute atomic E-state index is 12.8. The van der Waals surface area contributed by atoms with E-state index in [9.17, 15) is 14.4 Å². The second kappa shape index (κ2) is 53.0. The fraction of sp³-hybridized carbons (Fsp3) is 0.810. The normalized spacial score (nSPS) is 12.4. The molecule has 0 aromatic rings. The molecule has 0 aliphatic heterocycles. The summed E-state index contributed by atoms with van der Waals surface area (Å²) in [6.07, 6.45) is 63.8. The van der Waals surface area contributed by atoms with Crippen LogP contribution < -0.4 is 0 Å². The third kappa shape index (κ3) is 50.4. The van der Waals surface area contributed by atoms with Crippen LogP contribution in [0.25, 0.3) is 0 Å². The number of hydrogen-bond acceptors (Lipinski definition) is 6. The van der Waals surface area contributed by atoms with E-state index in [1.54, 1.807) is 0 Å². The van der Waals surface area contributed by atoms with Gasteiger partial charge < -0.3 is 14.2 Å². The van der Waals surface area contributed by atoms with Crippen LogP contribution in [0.4, 0.5) is 0 Å². The first-order valence-corrected chi connectivity index (χ1v) is 27.6. The number of carbonyl (C=O) groups excluding carboxylic acids is 3. The van der Waals surface area contributed by atoms with Crippen molar-refractivity contribution in [1.82, 2.24) is 0 Å². The fourth-order valence-corrected chi connectivity index (χ4v) is 7.96. The molecular formula is C58H104O6. The second-order valence-corrected chi connectivity index (χ2v) is 18.5. The number of hydrogen-bond donors (Lipinski definition) is 0. The van der Waals surface area contributed by atoms with Crippen molar-refractivity contribution in [1.29, 1.82) is 0 Å². The van der Waals surface area contributed by atoms with E-state index in [1.807, 2.05) is 0 Å². The largest absolute Gasteiger partial charge is 0.462 e. The van der Waals surface area contributed by atoms with Crippen LogP contribution >= 0.6 is 0 Å². The lowest BCUT2D eigenvalue weighted by molar-refractivity contribution is -0.167. The van der Waals surface area contributed by atoms with Crippen LogP contribution in [0, 0.1) is 0 Å². The van der Waals surface area contributed by atoms with Crippen LogP contribution in [0.15, 0.2) is 48.6 Å². The van der Waals surface area contributed by atoms with Crippen molar-refractivity contribution in [3.63, 3.8) is 0 Å². The zero-order valence-electron chi connectivity index (χ0n) is 42.6. The predicted molar refractivity (Wildman–Crippen MR) is 275 cm³/mol. The minimum Gasteiger partial charge on any atom is -0.462 e. The van der Waals surface area contributed by atoms with Crippen LogP contribution in [0.5, 0.6) is 0 Å². The first-order valence-electron chi connectivity index (χ1n) is 27.6. The maximum atomic E-state index is 12.8. The molecule has 6 nitrogen and oxygen atoms in total. The summed E-state index contributed by atoms with van der Waals surface area (Å²) in [6, 6.07) is 0. The number of ether oxygens (including phenoxy) is 3. The van der Waals surface area contributed by atoms with Crippen LogP contribution in [0.3, 0.4) is 0 Å². The van der Waals surface area contributed by atoms with Gasteiger partial charge in [-0.05, 0) is 57.8 Å². The average Bonchev–Trinajstić information content (AvgIpc) is 3.29. The van der Waals surface area contributed by atoms with Gasteiger partial charge in [-0.3, -0.25) is 14.4 Å². The molecule has 0 aromatic heterocycles. The molecular weight excluding hydrogens is 793 g/mol. The highest BCUT2D eigenvalue weighted by Gasteiger charge is 2.19. The molecule has 1 unspecified atom stereocenters. The Morgan fingerprint density at radius 1 is 0.328 bits per heavy atom. The van der Waals surface area contributed by atoms with Crippen molar-refractivity contribution in [2.75, 3.05) is 13.2 Å². The second-order valence-electron chi connectivity index (χ2n) is 18.5. The summed E-state index contributed by atoms with van der Waals surface area (Å²) in [7, 11) is 0. The van der Waals surface area contributed by atoms with Gasteiger partial charge >= 0.3 is 17.9 Å². The number of allylic oxidation sites excluding steroid dienone is 8. The van der Waals surface area contributed by atoms with E-state index in [0.29, 0.717) is 19.3 Å². The Kier molecular flexibility index (Phi) is 50.8. The smallest absolute Gasteiger partial charge is 0.306 e. The van der Waals surface area contributed by atoms with Gasteiger partial charge in [-0.25, -0.2) is 0 Å². The van der Waals surface area contributed by atoms with Gasteiger partial charge in [-0.2, -0.15) is 0 Å². The summed E-state index contributed by atoms with van der Waals surface area (Å²) in [6.45, 7) is 6.53. The zero-order valence-corrected chi connectivity index (χ0v) is 42.6. The topological polar surface area (TPSA) is 78.9 Å². The first-order chi connectivity index (χ1) is 31.5.